The van der Waals surface area contributed by atoms with Gasteiger partial charge in [0.1, 0.15) is 0 Å². The first kappa shape index (κ1) is 37.1. The fraction of sp³-hybridized carbons (Fsp3) is 0.571. The van der Waals surface area contributed by atoms with Gasteiger partial charge in [0, 0.05) is 21.3 Å². The minimum Gasteiger partial charge on any atom is -0.490 e. The maximum Gasteiger partial charge on any atom is 0.441 e. The number of alkyl halides is 6. The summed E-state index contributed by atoms with van der Waals surface area (Å²) in [7, 11) is 2.73. The van der Waals surface area contributed by atoms with E-state index in [0.717, 1.165) is 9.79 Å². The van der Waals surface area contributed by atoms with E-state index in [1.807, 2.05) is 0 Å². The molecule has 0 radical (unpaired) electrons. The van der Waals surface area contributed by atoms with Crippen LogP contribution in [0.3, 0.4) is 0 Å². The fourth-order valence-electron chi connectivity index (χ4n) is 3.61. The van der Waals surface area contributed by atoms with Crippen molar-refractivity contribution in [2.45, 2.75) is 86.0 Å². The fourth-order valence-corrected chi connectivity index (χ4v) is 7.26. The van der Waals surface area contributed by atoms with E-state index in [0.29, 0.717) is 62.5 Å². The smallest absolute Gasteiger partial charge is 0.441 e. The third-order valence-corrected chi connectivity index (χ3v) is 10.1. The van der Waals surface area contributed by atoms with Crippen LogP contribution in [-0.4, -0.2) is 35.7 Å². The molecule has 0 spiro atoms. The number of hydrogen-bond donors (Lipinski definition) is 0. The molecule has 0 aliphatic heterocycles. The summed E-state index contributed by atoms with van der Waals surface area (Å²) in [5.74, 6) is -0.784. The first-order valence-electron chi connectivity index (χ1n) is 13.4. The van der Waals surface area contributed by atoms with E-state index in [9.17, 15) is 35.1 Å². The van der Waals surface area contributed by atoms with Gasteiger partial charge in [0.25, 0.3) is 0 Å². The van der Waals surface area contributed by atoms with Crippen LogP contribution < -0.4 is 9.47 Å². The molecule has 0 saturated heterocycles. The molecule has 0 aromatic heterocycles. The molecule has 2 aromatic carbocycles. The maximum absolute atomic E-state index is 14.5. The van der Waals surface area contributed by atoms with Crippen LogP contribution in [0, 0.1) is 25.5 Å². The van der Waals surface area contributed by atoms with E-state index >= 15 is 0 Å². The quantitative estimate of drug-likeness (QED) is 0.0828. The number of benzene rings is 2. The molecule has 0 aliphatic rings. The molecular formula is C28H34F8O2S4. The predicted octanol–water partition coefficient (Wildman–Crippen LogP) is 11.8. The Hall–Kier alpha value is -1.12. The van der Waals surface area contributed by atoms with Gasteiger partial charge in [-0.1, -0.05) is 70.8 Å². The van der Waals surface area contributed by atoms with Crippen molar-refractivity contribution < 1.29 is 44.6 Å². The highest BCUT2D eigenvalue weighted by molar-refractivity contribution is 8.76. The minimum atomic E-state index is -4.21. The van der Waals surface area contributed by atoms with Gasteiger partial charge < -0.3 is 9.47 Å². The molecule has 2 rings (SSSR count). The van der Waals surface area contributed by atoms with Crippen molar-refractivity contribution in [1.82, 2.24) is 0 Å². The summed E-state index contributed by atoms with van der Waals surface area (Å²) >= 11 is -0.0523. The Morgan fingerprint density at radius 1 is 0.548 bits per heavy atom. The lowest BCUT2D eigenvalue weighted by Crippen LogP contribution is -2.02. The molecule has 0 fully saturated rings. The van der Waals surface area contributed by atoms with Crippen molar-refractivity contribution in [2.75, 3.05) is 24.7 Å². The van der Waals surface area contributed by atoms with Gasteiger partial charge in [-0.25, -0.2) is 8.78 Å². The normalized spacial score (nSPS) is 12.1. The number of halogens is 8. The zero-order valence-electron chi connectivity index (χ0n) is 23.3. The van der Waals surface area contributed by atoms with Crippen molar-refractivity contribution in [3.8, 4) is 11.5 Å². The Labute approximate surface area is 258 Å². The highest BCUT2D eigenvalue weighted by Crippen LogP contribution is 2.43. The van der Waals surface area contributed by atoms with Gasteiger partial charge in [0.2, 0.25) is 0 Å². The van der Waals surface area contributed by atoms with Crippen LogP contribution in [-0.2, 0) is 0 Å². The zero-order chi connectivity index (χ0) is 31.2. The molecule has 238 valence electrons. The van der Waals surface area contributed by atoms with Crippen molar-refractivity contribution in [2.24, 2.45) is 0 Å². The lowest BCUT2D eigenvalue weighted by Gasteiger charge is -2.13. The average Bonchev–Trinajstić information content (AvgIpc) is 2.88. The Balaban J connectivity index is 1.81. The van der Waals surface area contributed by atoms with Crippen LogP contribution in [0.4, 0.5) is 35.1 Å². The molecule has 0 heterocycles. The van der Waals surface area contributed by atoms with Gasteiger partial charge in [-0.15, -0.1) is 0 Å². The van der Waals surface area contributed by atoms with Gasteiger partial charge in [-0.05, 0) is 74.9 Å². The van der Waals surface area contributed by atoms with Crippen LogP contribution >= 0.6 is 45.1 Å². The maximum atomic E-state index is 14.5. The van der Waals surface area contributed by atoms with E-state index in [2.05, 4.69) is 0 Å². The molecule has 0 bridgehead atoms. The number of thioether (sulfide) groups is 2. The van der Waals surface area contributed by atoms with E-state index in [1.165, 1.54) is 33.7 Å². The highest BCUT2D eigenvalue weighted by atomic mass is 33.1. The summed E-state index contributed by atoms with van der Waals surface area (Å²) in [5.41, 5.74) is -7.02. The van der Waals surface area contributed by atoms with Gasteiger partial charge in [-0.3, -0.25) is 0 Å². The van der Waals surface area contributed by atoms with Gasteiger partial charge >= 0.3 is 11.0 Å². The highest BCUT2D eigenvalue weighted by Gasteiger charge is 2.27. The van der Waals surface area contributed by atoms with Crippen molar-refractivity contribution in [3.63, 3.8) is 0 Å². The van der Waals surface area contributed by atoms with Crippen LogP contribution in [0.5, 0.6) is 11.5 Å². The SMILES string of the molecule is Cc1cc(F)c(OCCCCCCSC(F)(F)F)cc1SSc1cc(OCCCCCCSC(F)(F)F)c(F)cc1C. The second-order valence-corrected chi connectivity index (χ2v) is 13.9. The van der Waals surface area contributed by atoms with Gasteiger partial charge in [0.15, 0.2) is 23.1 Å². The lowest BCUT2D eigenvalue weighted by molar-refractivity contribution is -0.0336. The predicted molar refractivity (Wildman–Crippen MR) is 159 cm³/mol. The second-order valence-electron chi connectivity index (χ2n) is 9.38. The van der Waals surface area contributed by atoms with E-state index in [1.54, 1.807) is 26.0 Å². The molecular weight excluding hydrogens is 649 g/mol. The molecule has 0 N–H and O–H groups in total. The van der Waals surface area contributed by atoms with E-state index in [-0.39, 0.29) is 59.7 Å². The molecule has 0 saturated carbocycles. The largest absolute Gasteiger partial charge is 0.490 e. The Morgan fingerprint density at radius 3 is 1.26 bits per heavy atom. The van der Waals surface area contributed by atoms with E-state index in [4.69, 9.17) is 9.47 Å². The topological polar surface area (TPSA) is 18.5 Å². The summed E-state index contributed by atoms with van der Waals surface area (Å²) in [6.07, 6.45) is 4.71. The lowest BCUT2D eigenvalue weighted by atomic mass is 10.2. The third kappa shape index (κ3) is 15.6. The summed E-state index contributed by atoms with van der Waals surface area (Å²) in [5, 5.41) is 0. The van der Waals surface area contributed by atoms with Crippen molar-refractivity contribution in [3.05, 3.63) is 47.0 Å². The number of unbranched alkanes of at least 4 members (excludes halogenated alkanes) is 6. The summed E-state index contributed by atoms with van der Waals surface area (Å²) in [6, 6.07) is 5.96. The average molecular weight is 683 g/mol. The van der Waals surface area contributed by atoms with E-state index < -0.39 is 22.7 Å². The summed E-state index contributed by atoms with van der Waals surface area (Å²) in [4.78, 5) is 1.52. The van der Waals surface area contributed by atoms with Crippen LogP contribution in [0.15, 0.2) is 34.1 Å². The molecule has 14 heteroatoms. The van der Waals surface area contributed by atoms with Crippen LogP contribution in [0.2, 0.25) is 0 Å². The minimum absolute atomic E-state index is 0.0205. The molecule has 2 nitrogen and oxygen atoms in total. The molecule has 2 aromatic rings. The number of ether oxygens (including phenoxy) is 2. The van der Waals surface area contributed by atoms with Crippen LogP contribution in [0.1, 0.15) is 62.5 Å². The Bertz CT molecular complexity index is 1010. The third-order valence-electron chi connectivity index (χ3n) is 5.80. The molecule has 42 heavy (non-hydrogen) atoms. The first-order chi connectivity index (χ1) is 19.7. The van der Waals surface area contributed by atoms with Crippen molar-refractivity contribution >= 4 is 45.1 Å². The Morgan fingerprint density at radius 2 is 0.905 bits per heavy atom. The molecule has 0 atom stereocenters. The summed E-state index contributed by atoms with van der Waals surface area (Å²) < 4.78 is 113. The molecule has 0 unspecified atom stereocenters. The standard InChI is InChI=1S/C28H34F8O2S4/c1-19-15-21(29)23(37-11-7-3-5-9-13-39-27(31,32)33)17-25(19)41-42-26-18-24(22(30)16-20(26)2)38-12-8-4-6-10-14-40-28(34,35)36/h15-18H,3-14H2,1-2H3. The second kappa shape index (κ2) is 18.6. The number of rotatable bonds is 19. The molecule has 0 aliphatic carbocycles. The number of hydrogen-bond acceptors (Lipinski definition) is 6. The van der Waals surface area contributed by atoms with Crippen LogP contribution in [0.25, 0.3) is 0 Å². The Kier molecular flexibility index (Phi) is 16.4. The van der Waals surface area contributed by atoms with Gasteiger partial charge in [-0.2, -0.15) is 26.3 Å². The summed E-state index contributed by atoms with van der Waals surface area (Å²) in [6.45, 7) is 4.02. The van der Waals surface area contributed by atoms with Gasteiger partial charge in [0.05, 0.1) is 13.2 Å². The van der Waals surface area contributed by atoms with Crippen molar-refractivity contribution in [1.29, 1.82) is 0 Å². The first-order valence-corrected chi connectivity index (χ1v) is 17.5. The zero-order valence-corrected chi connectivity index (χ0v) is 26.5. The molecule has 0 amide bonds. The monoisotopic (exact) mass is 682 g/mol. The number of aryl methyl sites for hydroxylation is 2.